The Morgan fingerprint density at radius 2 is 1.90 bits per heavy atom. The molecule has 152 valence electrons. The lowest BCUT2D eigenvalue weighted by Crippen LogP contribution is -2.29. The van der Waals surface area contributed by atoms with E-state index in [1.54, 1.807) is 17.8 Å². The summed E-state index contributed by atoms with van der Waals surface area (Å²) in [7, 11) is 1.79. The smallest absolute Gasteiger partial charge is 0.299 e. The molecule has 0 radical (unpaired) electrons. The van der Waals surface area contributed by atoms with Gasteiger partial charge >= 0.3 is 5.69 Å². The summed E-state index contributed by atoms with van der Waals surface area (Å²) in [6, 6.07) is 9.50. The minimum Gasteiger partial charge on any atom is -0.299 e. The number of carbonyl (C=O) groups is 1. The van der Waals surface area contributed by atoms with Gasteiger partial charge in [-0.3, -0.25) is 18.9 Å². The molecular formula is C23H26ClN3O2. The van der Waals surface area contributed by atoms with Crippen molar-refractivity contribution in [1.82, 2.24) is 14.1 Å². The topological polar surface area (TPSA) is 56.9 Å². The van der Waals surface area contributed by atoms with Crippen LogP contribution in [0.25, 0.3) is 11.0 Å². The molecule has 1 aromatic carbocycles. The molecule has 1 aliphatic carbocycles. The Balaban J connectivity index is 1.40. The predicted octanol–water partition coefficient (Wildman–Crippen LogP) is 4.32. The lowest BCUT2D eigenvalue weighted by Gasteiger charge is -2.28. The maximum Gasteiger partial charge on any atom is 0.328 e. The SMILES string of the molecule is Cc1cc(CC(=O)C2CCC(Cn3c(=O)n(C)c4cc(Cl)ccc43)CC2)ccn1. The lowest BCUT2D eigenvalue weighted by atomic mass is 9.79. The Hall–Kier alpha value is -2.40. The molecule has 0 saturated heterocycles. The van der Waals surface area contributed by atoms with Crippen LogP contribution in [0.1, 0.15) is 36.9 Å². The van der Waals surface area contributed by atoms with Crippen molar-refractivity contribution in [3.63, 3.8) is 0 Å². The van der Waals surface area contributed by atoms with E-state index in [4.69, 9.17) is 11.6 Å². The normalized spacial score (nSPS) is 19.6. The molecule has 5 nitrogen and oxygen atoms in total. The molecule has 1 fully saturated rings. The van der Waals surface area contributed by atoms with Crippen molar-refractivity contribution in [1.29, 1.82) is 0 Å². The van der Waals surface area contributed by atoms with Crippen LogP contribution in [0.3, 0.4) is 0 Å². The lowest BCUT2D eigenvalue weighted by molar-refractivity contribution is -0.123. The van der Waals surface area contributed by atoms with Gasteiger partial charge in [-0.1, -0.05) is 11.6 Å². The number of pyridine rings is 1. The van der Waals surface area contributed by atoms with E-state index in [1.165, 1.54) is 0 Å². The summed E-state index contributed by atoms with van der Waals surface area (Å²) in [4.78, 5) is 29.6. The summed E-state index contributed by atoms with van der Waals surface area (Å²) in [5.41, 5.74) is 3.77. The van der Waals surface area contributed by atoms with E-state index in [0.29, 0.717) is 29.7 Å². The zero-order valence-electron chi connectivity index (χ0n) is 16.9. The molecule has 4 rings (SSSR count). The van der Waals surface area contributed by atoms with Gasteiger partial charge in [-0.2, -0.15) is 0 Å². The third kappa shape index (κ3) is 4.15. The fraction of sp³-hybridized carbons (Fsp3) is 0.435. The van der Waals surface area contributed by atoms with E-state index in [1.807, 2.05) is 41.8 Å². The second-order valence-electron chi connectivity index (χ2n) is 8.25. The summed E-state index contributed by atoms with van der Waals surface area (Å²) >= 11 is 6.10. The highest BCUT2D eigenvalue weighted by atomic mass is 35.5. The first-order valence-electron chi connectivity index (χ1n) is 10.2. The average molecular weight is 412 g/mol. The van der Waals surface area contributed by atoms with Gasteiger partial charge in [0.05, 0.1) is 11.0 Å². The Morgan fingerprint density at radius 1 is 1.14 bits per heavy atom. The van der Waals surface area contributed by atoms with Gasteiger partial charge in [0.2, 0.25) is 0 Å². The van der Waals surface area contributed by atoms with E-state index in [2.05, 4.69) is 4.98 Å². The number of hydrogen-bond acceptors (Lipinski definition) is 3. The molecule has 0 atom stereocenters. The van der Waals surface area contributed by atoms with Crippen LogP contribution in [0.5, 0.6) is 0 Å². The minimum absolute atomic E-state index is 0.00600. The highest BCUT2D eigenvalue weighted by molar-refractivity contribution is 6.31. The average Bonchev–Trinajstić information content (AvgIpc) is 2.93. The molecule has 1 aliphatic rings. The Labute approximate surface area is 175 Å². The fourth-order valence-electron chi connectivity index (χ4n) is 4.54. The van der Waals surface area contributed by atoms with E-state index < -0.39 is 0 Å². The number of hydrogen-bond donors (Lipinski definition) is 0. The van der Waals surface area contributed by atoms with Gasteiger partial charge in [0, 0.05) is 42.8 Å². The van der Waals surface area contributed by atoms with Crippen LogP contribution in [0, 0.1) is 18.8 Å². The zero-order chi connectivity index (χ0) is 20.5. The molecule has 0 N–H and O–H groups in total. The first kappa shape index (κ1) is 19.9. The summed E-state index contributed by atoms with van der Waals surface area (Å²) in [6.07, 6.45) is 6.01. The number of rotatable bonds is 5. The molecule has 0 amide bonds. The van der Waals surface area contributed by atoms with Crippen molar-refractivity contribution < 1.29 is 4.79 Å². The molecule has 29 heavy (non-hydrogen) atoms. The van der Waals surface area contributed by atoms with Crippen molar-refractivity contribution in [3.05, 3.63) is 63.3 Å². The fourth-order valence-corrected chi connectivity index (χ4v) is 4.71. The van der Waals surface area contributed by atoms with Gasteiger partial charge in [0.15, 0.2) is 0 Å². The summed E-state index contributed by atoms with van der Waals surface area (Å²) in [6.45, 7) is 2.64. The van der Waals surface area contributed by atoms with Gasteiger partial charge in [-0.25, -0.2) is 4.79 Å². The Kier molecular flexibility index (Phi) is 5.59. The highest BCUT2D eigenvalue weighted by Gasteiger charge is 2.27. The molecule has 2 aromatic heterocycles. The highest BCUT2D eigenvalue weighted by Crippen LogP contribution is 2.31. The summed E-state index contributed by atoms with van der Waals surface area (Å²) < 4.78 is 3.52. The van der Waals surface area contributed by atoms with E-state index in [9.17, 15) is 9.59 Å². The van der Waals surface area contributed by atoms with Crippen LogP contribution in [-0.4, -0.2) is 19.9 Å². The molecule has 0 bridgehead atoms. The number of ketones is 1. The summed E-state index contributed by atoms with van der Waals surface area (Å²) in [5.74, 6) is 0.870. The molecule has 1 saturated carbocycles. The molecule has 0 spiro atoms. The van der Waals surface area contributed by atoms with Crippen molar-refractivity contribution in [2.45, 2.75) is 45.6 Å². The molecule has 0 unspecified atom stereocenters. The second-order valence-corrected chi connectivity index (χ2v) is 8.69. The van der Waals surface area contributed by atoms with Gasteiger partial charge < -0.3 is 0 Å². The quantitative estimate of drug-likeness (QED) is 0.628. The first-order valence-corrected chi connectivity index (χ1v) is 10.6. The minimum atomic E-state index is -0.00600. The van der Waals surface area contributed by atoms with Crippen molar-refractivity contribution in [3.8, 4) is 0 Å². The van der Waals surface area contributed by atoms with E-state index in [-0.39, 0.29) is 11.6 Å². The summed E-state index contributed by atoms with van der Waals surface area (Å²) in [5, 5.41) is 0.633. The van der Waals surface area contributed by atoms with Gasteiger partial charge in [0.25, 0.3) is 0 Å². The van der Waals surface area contributed by atoms with Crippen LogP contribution in [0.2, 0.25) is 5.02 Å². The number of benzene rings is 1. The number of fused-ring (bicyclic) bond motifs is 1. The molecule has 6 heteroatoms. The van der Waals surface area contributed by atoms with Gasteiger partial charge in [-0.15, -0.1) is 0 Å². The van der Waals surface area contributed by atoms with Crippen LogP contribution in [0.15, 0.2) is 41.3 Å². The maximum atomic E-state index is 12.7. The third-order valence-electron chi connectivity index (χ3n) is 6.19. The van der Waals surface area contributed by atoms with E-state index >= 15 is 0 Å². The molecule has 3 aromatic rings. The first-order chi connectivity index (χ1) is 13.9. The van der Waals surface area contributed by atoms with Crippen LogP contribution in [-0.2, 0) is 24.8 Å². The number of Topliss-reactive ketones (excluding diaryl/α,β-unsaturated/α-hetero) is 1. The van der Waals surface area contributed by atoms with Gasteiger partial charge in [-0.05, 0) is 74.4 Å². The maximum absolute atomic E-state index is 12.7. The van der Waals surface area contributed by atoms with Crippen LogP contribution >= 0.6 is 11.6 Å². The molecular weight excluding hydrogens is 386 g/mol. The van der Waals surface area contributed by atoms with Crippen LogP contribution < -0.4 is 5.69 Å². The number of imidazole rings is 1. The van der Waals surface area contributed by atoms with Crippen molar-refractivity contribution in [2.24, 2.45) is 18.9 Å². The Bertz CT molecular complexity index is 1110. The number of aromatic nitrogens is 3. The monoisotopic (exact) mass is 411 g/mol. The van der Waals surface area contributed by atoms with Crippen molar-refractivity contribution >= 4 is 28.4 Å². The number of aryl methyl sites for hydroxylation is 2. The third-order valence-corrected chi connectivity index (χ3v) is 6.42. The molecule has 0 aliphatic heterocycles. The largest absolute Gasteiger partial charge is 0.328 e. The molecule has 2 heterocycles. The number of nitrogens with zero attached hydrogens (tertiary/aromatic N) is 3. The van der Waals surface area contributed by atoms with Gasteiger partial charge in [0.1, 0.15) is 5.78 Å². The zero-order valence-corrected chi connectivity index (χ0v) is 17.7. The van der Waals surface area contributed by atoms with Crippen LogP contribution in [0.4, 0.5) is 0 Å². The number of carbonyl (C=O) groups excluding carboxylic acids is 1. The predicted molar refractivity (Wildman–Crippen MR) is 115 cm³/mol. The van der Waals surface area contributed by atoms with Crippen molar-refractivity contribution in [2.75, 3.05) is 0 Å². The standard InChI is InChI=1S/C23H26ClN3O2/c1-15-11-17(9-10-25-15)12-22(28)18-5-3-16(4-6-18)14-27-20-8-7-19(24)13-21(20)26(2)23(27)29/h7-11,13,16,18H,3-6,12,14H2,1-2H3. The Morgan fingerprint density at radius 3 is 2.62 bits per heavy atom. The second kappa shape index (κ2) is 8.15. The number of halogens is 1. The van der Waals surface area contributed by atoms with E-state index in [0.717, 1.165) is 48.0 Å².